The van der Waals surface area contributed by atoms with Gasteiger partial charge >= 0.3 is 6.09 Å². The van der Waals surface area contributed by atoms with Crippen molar-refractivity contribution in [3.63, 3.8) is 0 Å². The molecule has 1 N–H and O–H groups in total. The molecule has 2 saturated heterocycles. The molecule has 9 heteroatoms. The minimum Gasteiger partial charge on any atom is -0.465 e. The van der Waals surface area contributed by atoms with Crippen LogP contribution in [0.2, 0.25) is 10.0 Å². The largest absolute Gasteiger partial charge is 0.465 e. The molecule has 0 radical (unpaired) electrons. The zero-order valence-corrected chi connectivity index (χ0v) is 18.6. The van der Waals surface area contributed by atoms with Gasteiger partial charge in [0.15, 0.2) is 0 Å². The van der Waals surface area contributed by atoms with Crippen molar-refractivity contribution in [2.24, 2.45) is 0 Å². The van der Waals surface area contributed by atoms with Gasteiger partial charge in [0.1, 0.15) is 6.04 Å². The highest BCUT2D eigenvalue weighted by Crippen LogP contribution is 2.28. The van der Waals surface area contributed by atoms with E-state index in [0.29, 0.717) is 55.9 Å². The van der Waals surface area contributed by atoms with E-state index < -0.39 is 12.1 Å². The van der Waals surface area contributed by atoms with Gasteiger partial charge in [0.2, 0.25) is 5.91 Å². The minimum atomic E-state index is -1.04. The summed E-state index contributed by atoms with van der Waals surface area (Å²) in [5, 5.41) is 10.6. The Bertz CT molecular complexity index is 775. The van der Waals surface area contributed by atoms with Gasteiger partial charge in [-0.1, -0.05) is 23.2 Å². The third-order valence-corrected chi connectivity index (χ3v) is 6.46. The van der Waals surface area contributed by atoms with Crippen molar-refractivity contribution in [2.45, 2.75) is 32.4 Å². The number of benzene rings is 1. The average Bonchev–Trinajstić information content (AvgIpc) is 2.68. The molecule has 1 aromatic rings. The topological polar surface area (TPSA) is 67.3 Å². The molecule has 1 atom stereocenters. The lowest BCUT2D eigenvalue weighted by Crippen LogP contribution is -2.65. The van der Waals surface area contributed by atoms with Gasteiger partial charge in [-0.15, -0.1) is 0 Å². The van der Waals surface area contributed by atoms with Gasteiger partial charge in [0.25, 0.3) is 0 Å². The fourth-order valence-electron chi connectivity index (χ4n) is 3.91. The highest BCUT2D eigenvalue weighted by Gasteiger charge is 2.40. The number of anilines is 1. The summed E-state index contributed by atoms with van der Waals surface area (Å²) in [6, 6.07) is 4.85. The van der Waals surface area contributed by atoms with Crippen molar-refractivity contribution in [2.75, 3.05) is 50.7 Å². The lowest BCUT2D eigenvalue weighted by molar-refractivity contribution is -0.139. The fourth-order valence-corrected chi connectivity index (χ4v) is 4.20. The second-order valence-corrected chi connectivity index (χ2v) is 9.33. The second kappa shape index (κ2) is 8.58. The molecule has 2 aliphatic heterocycles. The molecule has 0 unspecified atom stereocenters. The van der Waals surface area contributed by atoms with Crippen LogP contribution in [-0.2, 0) is 4.79 Å². The number of hydrogen-bond donors (Lipinski definition) is 1. The number of carbonyl (C=O) groups is 2. The molecule has 0 spiro atoms. The number of halogens is 2. The van der Waals surface area contributed by atoms with Crippen molar-refractivity contribution < 1.29 is 14.7 Å². The molecule has 29 heavy (non-hydrogen) atoms. The molecular formula is C20H28Cl2N4O3. The van der Waals surface area contributed by atoms with E-state index in [9.17, 15) is 14.7 Å². The van der Waals surface area contributed by atoms with Crippen LogP contribution in [0.25, 0.3) is 0 Å². The van der Waals surface area contributed by atoms with Gasteiger partial charge in [-0.05, 0) is 39.0 Å². The third kappa shape index (κ3) is 4.90. The quantitative estimate of drug-likeness (QED) is 0.761. The number of piperazine rings is 2. The first kappa shape index (κ1) is 22.0. The van der Waals surface area contributed by atoms with Gasteiger partial charge in [-0.25, -0.2) is 4.79 Å². The highest BCUT2D eigenvalue weighted by atomic mass is 35.5. The first-order chi connectivity index (χ1) is 13.6. The van der Waals surface area contributed by atoms with E-state index in [1.54, 1.807) is 11.0 Å². The Morgan fingerprint density at radius 2 is 1.66 bits per heavy atom. The molecule has 3 rings (SSSR count). The van der Waals surface area contributed by atoms with E-state index in [-0.39, 0.29) is 11.4 Å². The minimum absolute atomic E-state index is 0.115. The van der Waals surface area contributed by atoms with Gasteiger partial charge in [0.05, 0.1) is 10.0 Å². The smallest absolute Gasteiger partial charge is 0.408 e. The van der Waals surface area contributed by atoms with Crippen LogP contribution in [0.4, 0.5) is 10.5 Å². The predicted octanol–water partition coefficient (Wildman–Crippen LogP) is 3.10. The zero-order chi connectivity index (χ0) is 21.3. The molecule has 2 fully saturated rings. The van der Waals surface area contributed by atoms with Crippen LogP contribution >= 0.6 is 23.2 Å². The van der Waals surface area contributed by atoms with Gasteiger partial charge in [-0.2, -0.15) is 0 Å². The van der Waals surface area contributed by atoms with Crippen LogP contribution in [0.15, 0.2) is 18.2 Å². The number of amides is 2. The first-order valence-electron chi connectivity index (χ1n) is 9.81. The molecule has 160 valence electrons. The van der Waals surface area contributed by atoms with Crippen LogP contribution in [0.5, 0.6) is 0 Å². The van der Waals surface area contributed by atoms with Crippen LogP contribution in [-0.4, -0.2) is 89.2 Å². The number of carbonyl (C=O) groups excluding carboxylic acids is 1. The van der Waals surface area contributed by atoms with E-state index in [2.05, 4.69) is 30.6 Å². The van der Waals surface area contributed by atoms with Crippen molar-refractivity contribution in [3.8, 4) is 0 Å². The normalized spacial score (nSPS) is 21.4. The lowest BCUT2D eigenvalue weighted by Gasteiger charge is -2.47. The second-order valence-electron chi connectivity index (χ2n) is 8.52. The number of carboxylic acid groups (broad SMARTS) is 1. The van der Waals surface area contributed by atoms with E-state index in [1.165, 1.54) is 4.90 Å². The van der Waals surface area contributed by atoms with Crippen molar-refractivity contribution in [1.29, 1.82) is 0 Å². The third-order valence-electron chi connectivity index (χ3n) is 5.72. The SMILES string of the molecule is CC(C)(C)N1CCN(C(=O)O)[C@H](C(=O)N2CCN(c3ccc(Cl)c(Cl)c3)CC2)C1. The molecule has 7 nitrogen and oxygen atoms in total. The summed E-state index contributed by atoms with van der Waals surface area (Å²) in [4.78, 5) is 32.3. The molecule has 2 heterocycles. The van der Waals surface area contributed by atoms with E-state index >= 15 is 0 Å². The Morgan fingerprint density at radius 3 is 2.21 bits per heavy atom. The number of nitrogens with zero attached hydrogens (tertiary/aromatic N) is 4. The summed E-state index contributed by atoms with van der Waals surface area (Å²) >= 11 is 12.1. The Kier molecular flexibility index (Phi) is 6.51. The standard InChI is InChI=1S/C20H28Cl2N4O3/c1-20(2,3)25-10-11-26(19(28)29)17(13-25)18(27)24-8-6-23(7-9-24)14-4-5-15(21)16(22)12-14/h4-5,12,17H,6-11,13H2,1-3H3,(H,28,29)/t17-/m0/s1. The Labute approximate surface area is 181 Å². The summed E-state index contributed by atoms with van der Waals surface area (Å²) in [6.45, 7) is 10.0. The number of rotatable bonds is 2. The van der Waals surface area contributed by atoms with Crippen molar-refractivity contribution >= 4 is 40.9 Å². The van der Waals surface area contributed by atoms with E-state index in [4.69, 9.17) is 23.2 Å². The molecular weight excluding hydrogens is 415 g/mol. The van der Waals surface area contributed by atoms with Crippen LogP contribution < -0.4 is 4.90 Å². The highest BCUT2D eigenvalue weighted by molar-refractivity contribution is 6.42. The Hall–Kier alpha value is -1.70. The van der Waals surface area contributed by atoms with Crippen molar-refractivity contribution in [3.05, 3.63) is 28.2 Å². The van der Waals surface area contributed by atoms with Gasteiger partial charge < -0.3 is 14.9 Å². The molecule has 1 aromatic carbocycles. The zero-order valence-electron chi connectivity index (χ0n) is 17.1. The molecule has 0 aliphatic carbocycles. The molecule has 2 aliphatic rings. The fraction of sp³-hybridized carbons (Fsp3) is 0.600. The Balaban J connectivity index is 1.67. The van der Waals surface area contributed by atoms with Gasteiger partial charge in [-0.3, -0.25) is 14.6 Å². The summed E-state index contributed by atoms with van der Waals surface area (Å²) in [6.07, 6.45) is -1.04. The maximum Gasteiger partial charge on any atom is 0.408 e. The van der Waals surface area contributed by atoms with Crippen molar-refractivity contribution in [1.82, 2.24) is 14.7 Å². The average molecular weight is 443 g/mol. The number of hydrogen-bond acceptors (Lipinski definition) is 4. The molecule has 0 saturated carbocycles. The summed E-state index contributed by atoms with van der Waals surface area (Å²) in [7, 11) is 0. The maximum absolute atomic E-state index is 13.2. The monoisotopic (exact) mass is 442 g/mol. The maximum atomic E-state index is 13.2. The van der Waals surface area contributed by atoms with E-state index in [0.717, 1.165) is 5.69 Å². The molecule has 0 bridgehead atoms. The first-order valence-corrected chi connectivity index (χ1v) is 10.6. The summed E-state index contributed by atoms with van der Waals surface area (Å²) in [5.41, 5.74) is 0.852. The molecule has 2 amide bonds. The van der Waals surface area contributed by atoms with Crippen LogP contribution in [0, 0.1) is 0 Å². The lowest BCUT2D eigenvalue weighted by atomic mass is 10.0. The van der Waals surface area contributed by atoms with Crippen LogP contribution in [0.3, 0.4) is 0 Å². The van der Waals surface area contributed by atoms with Gasteiger partial charge in [0, 0.05) is 57.0 Å². The Morgan fingerprint density at radius 1 is 1.00 bits per heavy atom. The molecule has 0 aromatic heterocycles. The predicted molar refractivity (Wildman–Crippen MR) is 115 cm³/mol. The summed E-state index contributed by atoms with van der Waals surface area (Å²) < 4.78 is 0. The summed E-state index contributed by atoms with van der Waals surface area (Å²) in [5.74, 6) is -0.116. The van der Waals surface area contributed by atoms with Crippen LogP contribution in [0.1, 0.15) is 20.8 Å². The van der Waals surface area contributed by atoms with E-state index in [1.807, 2.05) is 12.1 Å².